The molecule has 0 saturated carbocycles. The smallest absolute Gasteiger partial charge is 0.201 e. The zero-order chi connectivity index (χ0) is 10.4. The molecule has 0 heterocycles. The molecule has 1 aromatic rings. The van der Waals surface area contributed by atoms with Gasteiger partial charge in [0, 0.05) is 0 Å². The molecule has 0 bridgehead atoms. The summed E-state index contributed by atoms with van der Waals surface area (Å²) in [5, 5.41) is 6.77. The van der Waals surface area contributed by atoms with Crippen LogP contribution in [0.25, 0.3) is 0 Å². The van der Waals surface area contributed by atoms with Crippen molar-refractivity contribution in [3.8, 4) is 0 Å². The minimum absolute atomic E-state index is 0.305. The number of ketones is 1. The Balaban J connectivity index is 2.41. The van der Waals surface area contributed by atoms with Gasteiger partial charge < -0.3 is 10.1 Å². The molecule has 1 atom stereocenters. The third kappa shape index (κ3) is 3.11. The van der Waals surface area contributed by atoms with Gasteiger partial charge in [0.2, 0.25) is 5.78 Å². The van der Waals surface area contributed by atoms with Crippen molar-refractivity contribution >= 4 is 12.0 Å². The van der Waals surface area contributed by atoms with E-state index in [-0.39, 0.29) is 5.78 Å². The summed E-state index contributed by atoms with van der Waals surface area (Å²) >= 11 is 0. The van der Waals surface area contributed by atoms with E-state index in [4.69, 9.17) is 10.1 Å². The Labute approximate surface area is 83.2 Å². The normalized spacial score (nSPS) is 12.1. The standard InChI is InChI=1S/C11H13NO2/c1-9(11(13)7-12)14-8-10-5-3-2-4-6-10/h2-7,9,12H,8H2,1H3. The van der Waals surface area contributed by atoms with E-state index in [0.717, 1.165) is 11.8 Å². The predicted octanol–water partition coefficient (Wildman–Crippen LogP) is 1.81. The van der Waals surface area contributed by atoms with Crippen molar-refractivity contribution in [2.24, 2.45) is 0 Å². The fourth-order valence-corrected chi connectivity index (χ4v) is 0.995. The lowest BCUT2D eigenvalue weighted by atomic mass is 10.2. The fourth-order valence-electron chi connectivity index (χ4n) is 0.995. The molecule has 0 amide bonds. The maximum Gasteiger partial charge on any atom is 0.201 e. The second-order valence-corrected chi connectivity index (χ2v) is 2.99. The number of carbonyl (C=O) groups excluding carboxylic acids is 1. The minimum Gasteiger partial charge on any atom is -0.366 e. The molecule has 0 aliphatic heterocycles. The third-order valence-electron chi connectivity index (χ3n) is 1.89. The Morgan fingerprint density at radius 2 is 2.14 bits per heavy atom. The monoisotopic (exact) mass is 191 g/mol. The summed E-state index contributed by atoms with van der Waals surface area (Å²) in [6, 6.07) is 9.63. The van der Waals surface area contributed by atoms with Gasteiger partial charge in [-0.1, -0.05) is 30.3 Å². The van der Waals surface area contributed by atoms with Crippen molar-refractivity contribution in [2.45, 2.75) is 19.6 Å². The van der Waals surface area contributed by atoms with Crippen LogP contribution in [-0.2, 0) is 16.1 Å². The molecule has 0 aromatic heterocycles. The van der Waals surface area contributed by atoms with Crippen molar-refractivity contribution in [3.05, 3.63) is 35.9 Å². The molecule has 0 saturated heterocycles. The van der Waals surface area contributed by atoms with Crippen LogP contribution in [0.5, 0.6) is 0 Å². The van der Waals surface area contributed by atoms with Crippen molar-refractivity contribution < 1.29 is 9.53 Å². The van der Waals surface area contributed by atoms with Crippen molar-refractivity contribution in [2.75, 3.05) is 0 Å². The highest BCUT2D eigenvalue weighted by Crippen LogP contribution is 2.03. The van der Waals surface area contributed by atoms with Gasteiger partial charge in [-0.05, 0) is 12.5 Å². The van der Waals surface area contributed by atoms with Crippen LogP contribution in [0.2, 0.25) is 0 Å². The summed E-state index contributed by atoms with van der Waals surface area (Å²) in [6.07, 6.45) is 0.253. The van der Waals surface area contributed by atoms with E-state index in [1.54, 1.807) is 6.92 Å². The van der Waals surface area contributed by atoms with Crippen molar-refractivity contribution in [3.63, 3.8) is 0 Å². The van der Waals surface area contributed by atoms with Crippen LogP contribution in [0.1, 0.15) is 12.5 Å². The van der Waals surface area contributed by atoms with Gasteiger partial charge in [-0.3, -0.25) is 4.79 Å². The molecule has 1 aromatic carbocycles. The van der Waals surface area contributed by atoms with Crippen LogP contribution >= 0.6 is 0 Å². The number of hydrogen-bond donors (Lipinski definition) is 1. The number of rotatable bonds is 5. The second kappa shape index (κ2) is 5.29. The summed E-state index contributed by atoms with van der Waals surface area (Å²) in [5.41, 5.74) is 1.03. The van der Waals surface area contributed by atoms with E-state index in [9.17, 15) is 4.79 Å². The summed E-state index contributed by atoms with van der Waals surface area (Å²) in [5.74, 6) is -0.305. The third-order valence-corrected chi connectivity index (χ3v) is 1.89. The lowest BCUT2D eigenvalue weighted by Crippen LogP contribution is -2.21. The first-order valence-corrected chi connectivity index (χ1v) is 4.44. The summed E-state index contributed by atoms with van der Waals surface area (Å²) in [6.45, 7) is 2.05. The molecule has 0 spiro atoms. The number of hydrogen-bond acceptors (Lipinski definition) is 3. The fraction of sp³-hybridized carbons (Fsp3) is 0.273. The Morgan fingerprint density at radius 3 is 2.71 bits per heavy atom. The quantitative estimate of drug-likeness (QED) is 0.721. The van der Waals surface area contributed by atoms with E-state index < -0.39 is 6.10 Å². The topological polar surface area (TPSA) is 50.2 Å². The Kier molecular flexibility index (Phi) is 4.01. The zero-order valence-corrected chi connectivity index (χ0v) is 8.07. The van der Waals surface area contributed by atoms with Gasteiger partial charge in [0.15, 0.2) is 0 Å². The molecule has 0 radical (unpaired) electrons. The van der Waals surface area contributed by atoms with Gasteiger partial charge in [0.25, 0.3) is 0 Å². The second-order valence-electron chi connectivity index (χ2n) is 2.99. The van der Waals surface area contributed by atoms with E-state index in [1.165, 1.54) is 0 Å². The van der Waals surface area contributed by atoms with E-state index in [2.05, 4.69) is 0 Å². The Morgan fingerprint density at radius 1 is 1.50 bits per heavy atom. The van der Waals surface area contributed by atoms with Crippen molar-refractivity contribution in [1.29, 1.82) is 5.41 Å². The molecule has 3 nitrogen and oxygen atoms in total. The number of nitrogens with one attached hydrogen (secondary N) is 1. The van der Waals surface area contributed by atoms with Gasteiger partial charge in [-0.15, -0.1) is 0 Å². The van der Waals surface area contributed by atoms with Crippen LogP contribution in [-0.4, -0.2) is 18.1 Å². The molecule has 0 aliphatic rings. The van der Waals surface area contributed by atoms with E-state index in [0.29, 0.717) is 6.61 Å². The predicted molar refractivity (Wildman–Crippen MR) is 54.5 cm³/mol. The highest BCUT2D eigenvalue weighted by molar-refractivity contribution is 6.28. The number of Topliss-reactive ketones (excluding diaryl/α,β-unsaturated/α-hetero) is 1. The summed E-state index contributed by atoms with van der Waals surface area (Å²) in [7, 11) is 0. The minimum atomic E-state index is -0.535. The van der Waals surface area contributed by atoms with Crippen LogP contribution in [0.4, 0.5) is 0 Å². The molecule has 0 fully saturated rings. The van der Waals surface area contributed by atoms with Crippen LogP contribution < -0.4 is 0 Å². The molecule has 1 rings (SSSR count). The molecule has 74 valence electrons. The van der Waals surface area contributed by atoms with E-state index in [1.807, 2.05) is 30.3 Å². The van der Waals surface area contributed by atoms with Crippen LogP contribution in [0, 0.1) is 5.41 Å². The Bertz CT molecular complexity index is 308. The number of carbonyl (C=O) groups is 1. The summed E-state index contributed by atoms with van der Waals surface area (Å²) < 4.78 is 5.28. The van der Waals surface area contributed by atoms with Gasteiger partial charge in [0.05, 0.1) is 12.8 Å². The molecule has 0 aliphatic carbocycles. The molecule has 1 N–H and O–H groups in total. The lowest BCUT2D eigenvalue weighted by molar-refractivity contribution is -0.123. The highest BCUT2D eigenvalue weighted by Gasteiger charge is 2.09. The van der Waals surface area contributed by atoms with E-state index >= 15 is 0 Å². The van der Waals surface area contributed by atoms with Gasteiger partial charge in [0.1, 0.15) is 6.10 Å². The Hall–Kier alpha value is -1.48. The summed E-state index contributed by atoms with van der Waals surface area (Å²) in [4.78, 5) is 11.0. The van der Waals surface area contributed by atoms with Crippen LogP contribution in [0.3, 0.4) is 0 Å². The molecule has 14 heavy (non-hydrogen) atoms. The first kappa shape index (κ1) is 10.6. The maximum absolute atomic E-state index is 11.0. The average molecular weight is 191 g/mol. The van der Waals surface area contributed by atoms with Gasteiger partial charge in [-0.2, -0.15) is 0 Å². The van der Waals surface area contributed by atoms with Gasteiger partial charge in [-0.25, -0.2) is 0 Å². The molecular formula is C11H13NO2. The average Bonchev–Trinajstić information content (AvgIpc) is 2.26. The zero-order valence-electron chi connectivity index (χ0n) is 8.07. The maximum atomic E-state index is 11.0. The van der Waals surface area contributed by atoms with Crippen LogP contribution in [0.15, 0.2) is 30.3 Å². The first-order chi connectivity index (χ1) is 6.74. The SMILES string of the molecule is CC(OCc1ccccc1)C(=O)C=N. The van der Waals surface area contributed by atoms with Gasteiger partial charge >= 0.3 is 0 Å². The molecule has 1 unspecified atom stereocenters. The number of benzene rings is 1. The van der Waals surface area contributed by atoms with Crippen molar-refractivity contribution in [1.82, 2.24) is 0 Å². The largest absolute Gasteiger partial charge is 0.366 e. The number of ether oxygens (including phenoxy) is 1. The highest BCUT2D eigenvalue weighted by atomic mass is 16.5. The first-order valence-electron chi connectivity index (χ1n) is 4.44. The lowest BCUT2D eigenvalue weighted by Gasteiger charge is -2.08. The molecule has 3 heteroatoms. The molecular weight excluding hydrogens is 178 g/mol.